The number of hydrogen-bond acceptors (Lipinski definition) is 2. The zero-order valence-corrected chi connectivity index (χ0v) is 13.9. The van der Waals surface area contributed by atoms with Crippen molar-refractivity contribution in [2.45, 2.75) is 12.3 Å². The van der Waals surface area contributed by atoms with Gasteiger partial charge in [0.1, 0.15) is 0 Å². The van der Waals surface area contributed by atoms with E-state index in [0.29, 0.717) is 0 Å². The number of fused-ring (bicyclic) bond motifs is 2. The second-order valence-electron chi connectivity index (χ2n) is 5.21. The molecule has 1 atom stereocenters. The number of nitrogens with zero attached hydrogens (tertiary/aromatic N) is 1. The van der Waals surface area contributed by atoms with Crippen LogP contribution in [0, 0.1) is 0 Å². The molecule has 0 spiro atoms. The number of Topliss-reactive ketones (excluding diaryl/α,β-unsaturated/α-hetero) is 1. The SMILES string of the molecule is O=C1c2ccccc2CC1c1ccc2ccccc2n1.[Na]. The maximum absolute atomic E-state index is 12.5. The third-order valence-electron chi connectivity index (χ3n) is 4.00. The molecular weight excluding hydrogens is 269 g/mol. The molecule has 97 valence electrons. The Balaban J connectivity index is 0.00000132. The fourth-order valence-electron chi connectivity index (χ4n) is 2.95. The molecule has 1 unspecified atom stereocenters. The Labute approximate surface area is 145 Å². The van der Waals surface area contributed by atoms with Gasteiger partial charge in [0.25, 0.3) is 0 Å². The van der Waals surface area contributed by atoms with Gasteiger partial charge < -0.3 is 0 Å². The van der Waals surface area contributed by atoms with Crippen molar-refractivity contribution in [3.8, 4) is 0 Å². The summed E-state index contributed by atoms with van der Waals surface area (Å²) in [6, 6.07) is 19.9. The van der Waals surface area contributed by atoms with E-state index in [1.54, 1.807) is 0 Å². The second kappa shape index (κ2) is 5.72. The fourth-order valence-corrected chi connectivity index (χ4v) is 2.95. The molecule has 0 saturated heterocycles. The van der Waals surface area contributed by atoms with E-state index in [-0.39, 0.29) is 41.3 Å². The van der Waals surface area contributed by atoms with Gasteiger partial charge in [-0.05, 0) is 24.1 Å². The first-order valence-corrected chi connectivity index (χ1v) is 6.81. The van der Waals surface area contributed by atoms with Crippen molar-refractivity contribution in [2.24, 2.45) is 0 Å². The Hall–Kier alpha value is -1.48. The van der Waals surface area contributed by atoms with Crippen LogP contribution in [0.1, 0.15) is 27.5 Å². The molecule has 21 heavy (non-hydrogen) atoms. The number of hydrogen-bond donors (Lipinski definition) is 0. The van der Waals surface area contributed by atoms with Crippen LogP contribution in [-0.2, 0) is 6.42 Å². The van der Waals surface area contributed by atoms with Gasteiger partial charge in [-0.2, -0.15) is 0 Å². The Kier molecular flexibility index (Phi) is 3.94. The van der Waals surface area contributed by atoms with E-state index in [0.717, 1.165) is 34.1 Å². The van der Waals surface area contributed by atoms with Crippen molar-refractivity contribution < 1.29 is 4.79 Å². The molecule has 0 fully saturated rings. The number of carbonyl (C=O) groups is 1. The van der Waals surface area contributed by atoms with Crippen molar-refractivity contribution >= 4 is 46.2 Å². The van der Waals surface area contributed by atoms with Crippen LogP contribution in [0.5, 0.6) is 0 Å². The van der Waals surface area contributed by atoms with Gasteiger partial charge in [-0.1, -0.05) is 48.5 Å². The van der Waals surface area contributed by atoms with Crippen LogP contribution < -0.4 is 0 Å². The molecule has 2 nitrogen and oxygen atoms in total. The minimum absolute atomic E-state index is 0. The van der Waals surface area contributed by atoms with E-state index in [9.17, 15) is 4.79 Å². The van der Waals surface area contributed by atoms with Crippen molar-refractivity contribution in [2.75, 3.05) is 0 Å². The molecule has 1 aromatic heterocycles. The van der Waals surface area contributed by atoms with Gasteiger partial charge in [0.15, 0.2) is 5.78 Å². The first-order valence-electron chi connectivity index (χ1n) is 6.81. The van der Waals surface area contributed by atoms with Crippen LogP contribution >= 0.6 is 0 Å². The van der Waals surface area contributed by atoms with Crippen LogP contribution in [-0.4, -0.2) is 40.3 Å². The number of pyridine rings is 1. The number of ketones is 1. The average Bonchev–Trinajstić information content (AvgIpc) is 2.84. The molecule has 0 saturated carbocycles. The minimum Gasteiger partial charge on any atom is -0.293 e. The van der Waals surface area contributed by atoms with E-state index >= 15 is 0 Å². The third kappa shape index (κ3) is 2.44. The molecular formula is C18H13NNaO. The topological polar surface area (TPSA) is 30.0 Å². The maximum Gasteiger partial charge on any atom is 0.172 e. The summed E-state index contributed by atoms with van der Waals surface area (Å²) in [5, 5.41) is 1.11. The normalized spacial score (nSPS) is 16.6. The molecule has 1 aliphatic carbocycles. The quantitative estimate of drug-likeness (QED) is 0.640. The van der Waals surface area contributed by atoms with Gasteiger partial charge in [0, 0.05) is 40.5 Å². The number of rotatable bonds is 1. The Morgan fingerprint density at radius 1 is 0.905 bits per heavy atom. The van der Waals surface area contributed by atoms with Gasteiger partial charge in [-0.15, -0.1) is 0 Å². The predicted molar refractivity (Wildman–Crippen MR) is 84.7 cm³/mol. The summed E-state index contributed by atoms with van der Waals surface area (Å²) in [5.74, 6) is 0.0698. The summed E-state index contributed by atoms with van der Waals surface area (Å²) in [6.07, 6.45) is 0.764. The van der Waals surface area contributed by atoms with Gasteiger partial charge in [-0.3, -0.25) is 9.78 Å². The van der Waals surface area contributed by atoms with Crippen LogP contribution in [0.15, 0.2) is 60.7 Å². The number of aromatic nitrogens is 1. The van der Waals surface area contributed by atoms with E-state index in [2.05, 4.69) is 4.98 Å². The first-order chi connectivity index (χ1) is 9.83. The summed E-state index contributed by atoms with van der Waals surface area (Å²) in [7, 11) is 0. The van der Waals surface area contributed by atoms with Crippen LogP contribution in [0.3, 0.4) is 0 Å². The molecule has 4 rings (SSSR count). The monoisotopic (exact) mass is 282 g/mol. The summed E-state index contributed by atoms with van der Waals surface area (Å²) in [6.45, 7) is 0. The Morgan fingerprint density at radius 3 is 2.52 bits per heavy atom. The van der Waals surface area contributed by atoms with E-state index in [4.69, 9.17) is 0 Å². The van der Waals surface area contributed by atoms with E-state index < -0.39 is 0 Å². The standard InChI is InChI=1S/C18H13NO.Na/c20-18-14-7-3-1-6-13(14)11-15(18)17-10-9-12-5-2-4-8-16(12)19-17;/h1-10,15H,11H2;. The number of para-hydroxylation sites is 1. The third-order valence-corrected chi connectivity index (χ3v) is 4.00. The molecule has 0 bridgehead atoms. The molecule has 3 aromatic rings. The van der Waals surface area contributed by atoms with Gasteiger partial charge in [-0.25, -0.2) is 0 Å². The number of benzene rings is 2. The summed E-state index contributed by atoms with van der Waals surface area (Å²) in [5.41, 5.74) is 3.82. The van der Waals surface area contributed by atoms with Crippen LogP contribution in [0.2, 0.25) is 0 Å². The number of carbonyl (C=O) groups excluding carboxylic acids is 1. The Morgan fingerprint density at radius 2 is 1.67 bits per heavy atom. The van der Waals surface area contributed by atoms with Crippen molar-refractivity contribution in [3.63, 3.8) is 0 Å². The molecule has 0 aliphatic heterocycles. The van der Waals surface area contributed by atoms with E-state index in [1.165, 1.54) is 0 Å². The predicted octanol–water partition coefficient (Wildman–Crippen LogP) is 3.38. The maximum atomic E-state index is 12.5. The van der Waals surface area contributed by atoms with Gasteiger partial charge in [0.05, 0.1) is 17.1 Å². The molecule has 0 N–H and O–H groups in total. The van der Waals surface area contributed by atoms with Crippen molar-refractivity contribution in [3.05, 3.63) is 77.5 Å². The molecule has 0 amide bonds. The smallest absolute Gasteiger partial charge is 0.172 e. The Bertz CT molecular complexity index is 828. The second-order valence-corrected chi connectivity index (χ2v) is 5.21. The molecule has 2 aromatic carbocycles. The first kappa shape index (κ1) is 14.5. The molecule has 1 radical (unpaired) electrons. The van der Waals surface area contributed by atoms with Gasteiger partial charge in [0.2, 0.25) is 0 Å². The van der Waals surface area contributed by atoms with Crippen molar-refractivity contribution in [1.29, 1.82) is 0 Å². The largest absolute Gasteiger partial charge is 0.293 e. The zero-order chi connectivity index (χ0) is 13.5. The molecule has 1 heterocycles. The summed E-state index contributed by atoms with van der Waals surface area (Å²) < 4.78 is 0. The van der Waals surface area contributed by atoms with Crippen LogP contribution in [0.4, 0.5) is 0 Å². The van der Waals surface area contributed by atoms with Gasteiger partial charge >= 0.3 is 0 Å². The van der Waals surface area contributed by atoms with Crippen LogP contribution in [0.25, 0.3) is 10.9 Å². The molecule has 1 aliphatic rings. The minimum atomic E-state index is -0.128. The van der Waals surface area contributed by atoms with E-state index in [1.807, 2.05) is 60.7 Å². The molecule has 3 heteroatoms. The van der Waals surface area contributed by atoms with Crippen molar-refractivity contribution in [1.82, 2.24) is 4.98 Å². The average molecular weight is 282 g/mol. The fraction of sp³-hybridized carbons (Fsp3) is 0.111. The zero-order valence-electron chi connectivity index (χ0n) is 11.9. The summed E-state index contributed by atoms with van der Waals surface area (Å²) in [4.78, 5) is 17.2. The summed E-state index contributed by atoms with van der Waals surface area (Å²) >= 11 is 0.